The average molecular weight is 433 g/mol. The lowest BCUT2D eigenvalue weighted by atomic mass is 9.97. The van der Waals surface area contributed by atoms with Gasteiger partial charge >= 0.3 is 6.36 Å². The second-order valence-corrected chi connectivity index (χ2v) is 6.91. The Bertz CT molecular complexity index is 1030. The molecule has 1 aromatic carbocycles. The number of hydrogen-bond donors (Lipinski definition) is 1. The van der Waals surface area contributed by atoms with Gasteiger partial charge in [0.05, 0.1) is 11.6 Å². The fourth-order valence-electron chi connectivity index (χ4n) is 3.35. The predicted molar refractivity (Wildman–Crippen MR) is 104 cm³/mol. The number of nitrogens with zero attached hydrogens (tertiary/aromatic N) is 6. The van der Waals surface area contributed by atoms with Crippen LogP contribution in [0.4, 0.5) is 24.7 Å². The van der Waals surface area contributed by atoms with Gasteiger partial charge in [-0.1, -0.05) is 12.1 Å². The summed E-state index contributed by atoms with van der Waals surface area (Å²) in [7, 11) is 0. The Morgan fingerprint density at radius 1 is 1.13 bits per heavy atom. The highest BCUT2D eigenvalue weighted by Crippen LogP contribution is 2.31. The van der Waals surface area contributed by atoms with Gasteiger partial charge < -0.3 is 15.0 Å². The number of piperidine rings is 1. The quantitative estimate of drug-likeness (QED) is 0.661. The molecule has 1 unspecified atom stereocenters. The molecular formula is C19H18F3N7O2. The van der Waals surface area contributed by atoms with Gasteiger partial charge in [0.1, 0.15) is 12.7 Å². The molecule has 1 N–H and O–H groups in total. The van der Waals surface area contributed by atoms with E-state index in [2.05, 4.69) is 30.3 Å². The molecule has 3 aromatic rings. The van der Waals surface area contributed by atoms with Crippen molar-refractivity contribution in [2.75, 3.05) is 23.3 Å². The van der Waals surface area contributed by atoms with Gasteiger partial charge in [-0.2, -0.15) is 5.10 Å². The third-order valence-corrected chi connectivity index (χ3v) is 4.78. The average Bonchev–Trinajstić information content (AvgIpc) is 3.29. The van der Waals surface area contributed by atoms with Gasteiger partial charge in [0.15, 0.2) is 17.4 Å². The van der Waals surface area contributed by atoms with E-state index in [-0.39, 0.29) is 11.6 Å². The second kappa shape index (κ2) is 8.58. The van der Waals surface area contributed by atoms with Gasteiger partial charge in [0.25, 0.3) is 0 Å². The van der Waals surface area contributed by atoms with Crippen molar-refractivity contribution in [3.05, 3.63) is 49.1 Å². The van der Waals surface area contributed by atoms with E-state index in [4.69, 9.17) is 0 Å². The largest absolute Gasteiger partial charge is 0.573 e. The summed E-state index contributed by atoms with van der Waals surface area (Å²) in [5, 5.41) is 14.9. The number of alkyl halides is 3. The number of para-hydroxylation sites is 2. The normalized spacial score (nSPS) is 16.7. The monoisotopic (exact) mass is 433 g/mol. The molecule has 0 radical (unpaired) electrons. The lowest BCUT2D eigenvalue weighted by molar-refractivity contribution is -0.274. The smallest absolute Gasteiger partial charge is 0.404 e. The van der Waals surface area contributed by atoms with E-state index in [0.717, 1.165) is 12.5 Å². The van der Waals surface area contributed by atoms with E-state index >= 15 is 0 Å². The number of anilines is 2. The maximum Gasteiger partial charge on any atom is 0.573 e. The van der Waals surface area contributed by atoms with Crippen molar-refractivity contribution in [1.82, 2.24) is 25.0 Å². The first-order valence-electron chi connectivity index (χ1n) is 9.48. The summed E-state index contributed by atoms with van der Waals surface area (Å²) < 4.78 is 43.3. The zero-order chi connectivity index (χ0) is 21.8. The summed E-state index contributed by atoms with van der Waals surface area (Å²) in [6.45, 7) is 1.06. The van der Waals surface area contributed by atoms with Crippen LogP contribution in [0.1, 0.15) is 12.8 Å². The van der Waals surface area contributed by atoms with Gasteiger partial charge in [-0.15, -0.1) is 23.4 Å². The third-order valence-electron chi connectivity index (χ3n) is 4.78. The molecular weight excluding hydrogens is 415 g/mol. The Morgan fingerprint density at radius 3 is 2.61 bits per heavy atom. The van der Waals surface area contributed by atoms with Gasteiger partial charge in [-0.05, 0) is 37.1 Å². The molecule has 9 nitrogen and oxygen atoms in total. The number of benzene rings is 1. The van der Waals surface area contributed by atoms with E-state index in [0.29, 0.717) is 31.1 Å². The Hall–Kier alpha value is -3.70. The number of nitrogens with one attached hydrogen (secondary N) is 1. The van der Waals surface area contributed by atoms with Crippen molar-refractivity contribution >= 4 is 17.4 Å². The number of halogens is 3. The Balaban J connectivity index is 1.42. The highest BCUT2D eigenvalue weighted by atomic mass is 19.4. The molecule has 1 aliphatic heterocycles. The highest BCUT2D eigenvalue weighted by Gasteiger charge is 2.33. The maximum absolute atomic E-state index is 12.7. The number of ether oxygens (including phenoxy) is 1. The summed E-state index contributed by atoms with van der Waals surface area (Å²) in [4.78, 5) is 18.5. The summed E-state index contributed by atoms with van der Waals surface area (Å²) in [5.74, 6) is -0.152. The molecule has 1 atom stereocenters. The summed E-state index contributed by atoms with van der Waals surface area (Å²) in [6, 6.07) is 8.97. The van der Waals surface area contributed by atoms with E-state index in [1.54, 1.807) is 12.1 Å². The maximum atomic E-state index is 12.7. The van der Waals surface area contributed by atoms with Crippen molar-refractivity contribution in [3.8, 4) is 11.6 Å². The molecule has 0 bridgehead atoms. The molecule has 1 amide bonds. The molecule has 162 valence electrons. The second-order valence-electron chi connectivity index (χ2n) is 6.91. The van der Waals surface area contributed by atoms with Gasteiger partial charge in [-0.25, -0.2) is 9.67 Å². The molecule has 1 saturated heterocycles. The minimum Gasteiger partial charge on any atom is -0.404 e. The van der Waals surface area contributed by atoms with Crippen LogP contribution < -0.4 is 15.0 Å². The first kappa shape index (κ1) is 20.6. The van der Waals surface area contributed by atoms with Crippen molar-refractivity contribution < 1.29 is 22.7 Å². The first-order chi connectivity index (χ1) is 14.9. The first-order valence-corrected chi connectivity index (χ1v) is 9.48. The molecule has 0 aliphatic carbocycles. The highest BCUT2D eigenvalue weighted by molar-refractivity contribution is 5.94. The van der Waals surface area contributed by atoms with E-state index in [1.165, 1.54) is 35.5 Å². The van der Waals surface area contributed by atoms with Gasteiger partial charge in [0, 0.05) is 13.1 Å². The minimum atomic E-state index is -4.85. The number of rotatable bonds is 5. The molecule has 31 heavy (non-hydrogen) atoms. The van der Waals surface area contributed by atoms with Crippen LogP contribution in [0.15, 0.2) is 49.1 Å². The Kier molecular flexibility index (Phi) is 5.69. The van der Waals surface area contributed by atoms with Crippen LogP contribution in [0.25, 0.3) is 5.82 Å². The van der Waals surface area contributed by atoms with Crippen molar-refractivity contribution in [3.63, 3.8) is 0 Å². The topological polar surface area (TPSA) is 98.1 Å². The molecule has 0 spiro atoms. The summed E-state index contributed by atoms with van der Waals surface area (Å²) in [5.41, 5.74) is -0.0288. The van der Waals surface area contributed by atoms with Crippen molar-refractivity contribution in [2.45, 2.75) is 19.2 Å². The lowest BCUT2D eigenvalue weighted by Gasteiger charge is -2.32. The van der Waals surface area contributed by atoms with Crippen molar-refractivity contribution in [1.29, 1.82) is 0 Å². The SMILES string of the molecule is O=C(Nc1ccccc1OC(F)(F)F)C1CCCN(c2ccc(-n3cncn3)nn2)C1. The third kappa shape index (κ3) is 5.08. The van der Waals surface area contributed by atoms with Crippen LogP contribution in [-0.2, 0) is 4.79 Å². The lowest BCUT2D eigenvalue weighted by Crippen LogP contribution is -2.41. The van der Waals surface area contributed by atoms with Gasteiger partial charge in [0.2, 0.25) is 5.91 Å². The van der Waals surface area contributed by atoms with Crippen LogP contribution in [0.5, 0.6) is 5.75 Å². The Labute approximate surface area is 174 Å². The number of carbonyl (C=O) groups excluding carboxylic acids is 1. The Morgan fingerprint density at radius 2 is 1.90 bits per heavy atom. The predicted octanol–water partition coefficient (Wildman–Crippen LogP) is 2.81. The van der Waals surface area contributed by atoms with Crippen LogP contribution in [0, 0.1) is 5.92 Å². The molecule has 1 aliphatic rings. The molecule has 12 heteroatoms. The fraction of sp³-hybridized carbons (Fsp3) is 0.316. The number of carbonyl (C=O) groups is 1. The van der Waals surface area contributed by atoms with Crippen LogP contribution >= 0.6 is 0 Å². The zero-order valence-electron chi connectivity index (χ0n) is 16.2. The summed E-state index contributed by atoms with van der Waals surface area (Å²) in [6.07, 6.45) is -0.619. The molecule has 3 heterocycles. The summed E-state index contributed by atoms with van der Waals surface area (Å²) >= 11 is 0. The molecule has 1 fully saturated rings. The molecule has 4 rings (SSSR count). The number of aromatic nitrogens is 5. The van der Waals surface area contributed by atoms with Crippen LogP contribution in [-0.4, -0.2) is 50.3 Å². The standard InChI is InChI=1S/C19H18F3N7O2/c20-19(21,22)31-15-6-2-1-5-14(15)25-18(30)13-4-3-9-28(10-13)16-7-8-17(27-26-16)29-12-23-11-24-29/h1-2,5-8,11-13H,3-4,9-10H2,(H,25,30). The molecule has 2 aromatic heterocycles. The van der Waals surface area contributed by atoms with Gasteiger partial charge in [-0.3, -0.25) is 4.79 Å². The van der Waals surface area contributed by atoms with E-state index in [9.17, 15) is 18.0 Å². The number of hydrogen-bond acceptors (Lipinski definition) is 7. The van der Waals surface area contributed by atoms with E-state index < -0.39 is 18.0 Å². The minimum absolute atomic E-state index is 0.0288. The zero-order valence-corrected chi connectivity index (χ0v) is 16.2. The van der Waals surface area contributed by atoms with Crippen molar-refractivity contribution in [2.24, 2.45) is 5.92 Å². The van der Waals surface area contributed by atoms with E-state index in [1.807, 2.05) is 4.90 Å². The van der Waals surface area contributed by atoms with Crippen LogP contribution in [0.3, 0.4) is 0 Å². The fourth-order valence-corrected chi connectivity index (χ4v) is 3.35. The number of amides is 1. The molecule has 0 saturated carbocycles. The van der Waals surface area contributed by atoms with Crippen LogP contribution in [0.2, 0.25) is 0 Å².